The van der Waals surface area contributed by atoms with Crippen LogP contribution in [-0.2, 0) is 19.1 Å². The predicted octanol–water partition coefficient (Wildman–Crippen LogP) is 3.12. The summed E-state index contributed by atoms with van der Waals surface area (Å²) in [4.78, 5) is 52.7. The normalized spacial score (nSPS) is 13.7. The molecule has 0 aliphatic rings. The van der Waals surface area contributed by atoms with Gasteiger partial charge in [0.1, 0.15) is 17.7 Å². The number of nitrogens with zero attached hydrogens (tertiary/aromatic N) is 1. The van der Waals surface area contributed by atoms with E-state index in [2.05, 4.69) is 17.2 Å². The molecule has 0 saturated heterocycles. The molecule has 4 N–H and O–H groups in total. The first-order valence-corrected chi connectivity index (χ1v) is 11.9. The van der Waals surface area contributed by atoms with Crippen LogP contribution in [-0.4, -0.2) is 52.9 Å². The van der Waals surface area contributed by atoms with Gasteiger partial charge in [-0.05, 0) is 52.2 Å². The minimum absolute atomic E-state index is 0.00132. The molecule has 0 aliphatic heterocycles. The summed E-state index contributed by atoms with van der Waals surface area (Å²) in [5.74, 6) is -1.81. The molecule has 194 valence electrons. The molecule has 3 atom stereocenters. The highest BCUT2D eigenvalue weighted by Crippen LogP contribution is 2.26. The molecule has 0 fully saturated rings. The number of hydrogen-bond acceptors (Lipinski definition) is 5. The topological polar surface area (TPSA) is 131 Å². The van der Waals surface area contributed by atoms with Gasteiger partial charge in [-0.1, -0.05) is 43.7 Å². The summed E-state index contributed by atoms with van der Waals surface area (Å²) in [7, 11) is 0. The van der Waals surface area contributed by atoms with Gasteiger partial charge in [-0.3, -0.25) is 14.4 Å². The van der Waals surface area contributed by atoms with Gasteiger partial charge in [0, 0.05) is 12.6 Å². The van der Waals surface area contributed by atoms with E-state index in [4.69, 9.17) is 10.5 Å². The second-order valence-corrected chi connectivity index (χ2v) is 9.61. The average molecular weight is 489 g/mol. The zero-order valence-corrected chi connectivity index (χ0v) is 21.7. The van der Waals surface area contributed by atoms with Crippen LogP contribution in [0.4, 0.5) is 4.79 Å². The summed E-state index contributed by atoms with van der Waals surface area (Å²) in [6.45, 7) is 14.5. The molecule has 1 aromatic carbocycles. The van der Waals surface area contributed by atoms with Crippen molar-refractivity contribution in [3.63, 3.8) is 0 Å². The number of carbonyl (C=O) groups is 4. The summed E-state index contributed by atoms with van der Waals surface area (Å²) in [6, 6.07) is 4.80. The van der Waals surface area contributed by atoms with Crippen molar-refractivity contribution in [3.05, 3.63) is 48.0 Å². The first kappa shape index (κ1) is 29.7. The third-order valence-corrected chi connectivity index (χ3v) is 5.16. The number of rotatable bonds is 12. The number of aryl methyl sites for hydroxylation is 1. The molecule has 9 heteroatoms. The molecule has 0 heterocycles. The maximum Gasteiger partial charge on any atom is 0.408 e. The van der Waals surface area contributed by atoms with Gasteiger partial charge >= 0.3 is 6.09 Å². The molecule has 1 aromatic rings. The van der Waals surface area contributed by atoms with Gasteiger partial charge in [0.25, 0.3) is 0 Å². The molecule has 4 amide bonds. The average Bonchev–Trinajstić information content (AvgIpc) is 2.72. The predicted molar refractivity (Wildman–Crippen MR) is 135 cm³/mol. The number of primary amides is 1. The van der Waals surface area contributed by atoms with Crippen LogP contribution in [0.3, 0.4) is 0 Å². The van der Waals surface area contributed by atoms with Crippen LogP contribution < -0.4 is 16.4 Å². The van der Waals surface area contributed by atoms with Crippen LogP contribution in [0, 0.1) is 6.92 Å². The lowest BCUT2D eigenvalue weighted by molar-refractivity contribution is -0.143. The largest absolute Gasteiger partial charge is 0.444 e. The molecule has 0 aliphatic carbocycles. The standard InChI is InChI=1S/C26H40N4O5/c1-8-12-18(4)28-23(32)22(19-14-11-10-13-17(19)3)30(15-9-2)24(33)20(16-21(27)31)29-25(34)35-26(5,6)7/h9-11,13-14,18,20,22H,2,8,12,15-16H2,1,3-7H3,(H2,27,31)(H,28,32)(H,29,34). The van der Waals surface area contributed by atoms with E-state index >= 15 is 0 Å². The van der Waals surface area contributed by atoms with Crippen molar-refractivity contribution < 1.29 is 23.9 Å². The van der Waals surface area contributed by atoms with Crippen molar-refractivity contribution >= 4 is 23.8 Å². The first-order valence-electron chi connectivity index (χ1n) is 11.9. The number of benzene rings is 1. The van der Waals surface area contributed by atoms with Crippen LogP contribution in [0.2, 0.25) is 0 Å². The quantitative estimate of drug-likeness (QED) is 0.389. The second kappa shape index (κ2) is 13.5. The van der Waals surface area contributed by atoms with E-state index < -0.39 is 42.0 Å². The van der Waals surface area contributed by atoms with E-state index in [-0.39, 0.29) is 18.5 Å². The Hall–Kier alpha value is -3.36. The molecule has 0 saturated carbocycles. The van der Waals surface area contributed by atoms with Gasteiger partial charge in [0.15, 0.2) is 0 Å². The zero-order chi connectivity index (χ0) is 26.8. The Balaban J connectivity index is 3.46. The first-order chi connectivity index (χ1) is 16.3. The SMILES string of the molecule is C=CCN(C(=O)C(CC(N)=O)NC(=O)OC(C)(C)C)C(C(=O)NC(C)CCC)c1ccccc1C. The Morgan fingerprint density at radius 1 is 1.17 bits per heavy atom. The van der Waals surface area contributed by atoms with E-state index in [1.807, 2.05) is 32.9 Å². The summed E-state index contributed by atoms with van der Waals surface area (Å²) >= 11 is 0. The smallest absolute Gasteiger partial charge is 0.408 e. The Morgan fingerprint density at radius 2 is 1.80 bits per heavy atom. The van der Waals surface area contributed by atoms with Gasteiger partial charge in [0.2, 0.25) is 17.7 Å². The number of ether oxygens (including phenoxy) is 1. The fraction of sp³-hybridized carbons (Fsp3) is 0.538. The fourth-order valence-corrected chi connectivity index (χ4v) is 3.68. The number of nitrogens with two attached hydrogens (primary N) is 1. The van der Waals surface area contributed by atoms with Gasteiger partial charge in [-0.15, -0.1) is 6.58 Å². The van der Waals surface area contributed by atoms with Crippen molar-refractivity contribution in [1.29, 1.82) is 0 Å². The molecule has 0 bridgehead atoms. The lowest BCUT2D eigenvalue weighted by Crippen LogP contribution is -2.54. The minimum Gasteiger partial charge on any atom is -0.444 e. The van der Waals surface area contributed by atoms with Crippen LogP contribution in [0.25, 0.3) is 0 Å². The molecule has 0 aromatic heterocycles. The highest BCUT2D eigenvalue weighted by molar-refractivity contribution is 5.94. The molecule has 0 spiro atoms. The molecule has 1 rings (SSSR count). The zero-order valence-electron chi connectivity index (χ0n) is 21.7. The van der Waals surface area contributed by atoms with Gasteiger partial charge in [0.05, 0.1) is 6.42 Å². The Labute approximate surface area is 208 Å². The molecular formula is C26H40N4O5. The van der Waals surface area contributed by atoms with Crippen molar-refractivity contribution in [1.82, 2.24) is 15.5 Å². The number of nitrogens with one attached hydrogen (secondary N) is 2. The van der Waals surface area contributed by atoms with Gasteiger partial charge in [-0.25, -0.2) is 4.79 Å². The maximum atomic E-state index is 13.7. The fourth-order valence-electron chi connectivity index (χ4n) is 3.68. The molecule has 9 nitrogen and oxygen atoms in total. The van der Waals surface area contributed by atoms with Crippen LogP contribution >= 0.6 is 0 Å². The van der Waals surface area contributed by atoms with E-state index in [0.29, 0.717) is 5.56 Å². The third-order valence-electron chi connectivity index (χ3n) is 5.16. The van der Waals surface area contributed by atoms with Gasteiger partial charge < -0.3 is 26.0 Å². The van der Waals surface area contributed by atoms with Crippen molar-refractivity contribution in [2.24, 2.45) is 5.73 Å². The number of alkyl carbamates (subject to hydrolysis) is 1. The van der Waals surface area contributed by atoms with Crippen LogP contribution in [0.1, 0.15) is 71.0 Å². The third kappa shape index (κ3) is 9.80. The van der Waals surface area contributed by atoms with E-state index in [0.717, 1.165) is 18.4 Å². The molecule has 3 unspecified atom stereocenters. The monoisotopic (exact) mass is 488 g/mol. The Kier molecular flexibility index (Phi) is 11.5. The minimum atomic E-state index is -1.32. The maximum absolute atomic E-state index is 13.7. The Morgan fingerprint density at radius 3 is 2.31 bits per heavy atom. The number of hydrogen-bond donors (Lipinski definition) is 3. The summed E-state index contributed by atoms with van der Waals surface area (Å²) in [5, 5.41) is 5.43. The van der Waals surface area contributed by atoms with Crippen molar-refractivity contribution in [3.8, 4) is 0 Å². The summed E-state index contributed by atoms with van der Waals surface area (Å²) < 4.78 is 5.26. The van der Waals surface area contributed by atoms with E-state index in [1.165, 1.54) is 11.0 Å². The second-order valence-electron chi connectivity index (χ2n) is 9.61. The van der Waals surface area contributed by atoms with Crippen molar-refractivity contribution in [2.75, 3.05) is 6.54 Å². The van der Waals surface area contributed by atoms with Crippen molar-refractivity contribution in [2.45, 2.75) is 84.5 Å². The molecular weight excluding hydrogens is 448 g/mol. The summed E-state index contributed by atoms with van der Waals surface area (Å²) in [6.07, 6.45) is 1.81. The molecule has 0 radical (unpaired) electrons. The lowest BCUT2D eigenvalue weighted by atomic mass is 9.97. The lowest BCUT2D eigenvalue weighted by Gasteiger charge is -2.34. The Bertz CT molecular complexity index is 909. The molecule has 35 heavy (non-hydrogen) atoms. The van der Waals surface area contributed by atoms with Gasteiger partial charge in [-0.2, -0.15) is 0 Å². The number of amides is 4. The van der Waals surface area contributed by atoms with E-state index in [1.54, 1.807) is 32.9 Å². The number of carbonyl (C=O) groups excluding carboxylic acids is 4. The highest BCUT2D eigenvalue weighted by atomic mass is 16.6. The summed E-state index contributed by atoms with van der Waals surface area (Å²) in [5.41, 5.74) is 6.00. The highest BCUT2D eigenvalue weighted by Gasteiger charge is 2.37. The van der Waals surface area contributed by atoms with Crippen LogP contribution in [0.5, 0.6) is 0 Å². The van der Waals surface area contributed by atoms with E-state index in [9.17, 15) is 19.2 Å². The van der Waals surface area contributed by atoms with Crippen LogP contribution in [0.15, 0.2) is 36.9 Å².